The van der Waals surface area contributed by atoms with Crippen molar-refractivity contribution in [3.63, 3.8) is 0 Å². The Balaban J connectivity index is 1.54. The second kappa shape index (κ2) is 11.4. The monoisotopic (exact) mass is 487 g/mol. The van der Waals surface area contributed by atoms with Crippen molar-refractivity contribution >= 4 is 23.5 Å². The topological polar surface area (TPSA) is 87.7 Å². The number of carbonyl (C=O) groups excluding carboxylic acids is 3. The highest BCUT2D eigenvalue weighted by atomic mass is 16.5. The number of ether oxygens (including phenoxy) is 1. The number of esters is 1. The van der Waals surface area contributed by atoms with Crippen LogP contribution in [0.1, 0.15) is 59.2 Å². The number of Topliss-reactive ketones (excluding diaryl/α,β-unsaturated/α-hetero) is 1. The summed E-state index contributed by atoms with van der Waals surface area (Å²) in [5.74, 6) is 4.68. The average molecular weight is 488 g/mol. The minimum Gasteiger partial charge on any atom is -0.468 e. The van der Waals surface area contributed by atoms with E-state index in [1.807, 2.05) is 50.5 Å². The molecule has 1 unspecified atom stereocenters. The summed E-state index contributed by atoms with van der Waals surface area (Å²) in [6.07, 6.45) is 5.35. The maximum absolute atomic E-state index is 13.1. The molecule has 0 radical (unpaired) electrons. The molecule has 36 heavy (non-hydrogen) atoms. The normalized spacial score (nSPS) is 21.1. The molecule has 188 valence electrons. The lowest BCUT2D eigenvalue weighted by atomic mass is 9.80. The van der Waals surface area contributed by atoms with Crippen molar-refractivity contribution in [1.82, 2.24) is 10.2 Å². The van der Waals surface area contributed by atoms with Gasteiger partial charge in [0.25, 0.3) is 0 Å². The maximum Gasteiger partial charge on any atom is 0.319 e. The zero-order valence-electron chi connectivity index (χ0n) is 21.1. The Morgan fingerprint density at radius 1 is 0.972 bits per heavy atom. The quantitative estimate of drug-likeness (QED) is 0.387. The molecule has 3 atom stereocenters. The van der Waals surface area contributed by atoms with Crippen molar-refractivity contribution in [2.24, 2.45) is 5.92 Å². The van der Waals surface area contributed by atoms with E-state index in [4.69, 9.17) is 4.74 Å². The van der Waals surface area contributed by atoms with Crippen LogP contribution in [0.2, 0.25) is 0 Å². The van der Waals surface area contributed by atoms with Crippen molar-refractivity contribution in [2.75, 3.05) is 26.5 Å². The molecule has 7 nitrogen and oxygen atoms in total. The van der Waals surface area contributed by atoms with Crippen LogP contribution in [0.4, 0.5) is 10.5 Å². The van der Waals surface area contributed by atoms with Crippen LogP contribution in [-0.2, 0) is 16.0 Å². The molecule has 1 saturated carbocycles. The van der Waals surface area contributed by atoms with Gasteiger partial charge in [0.15, 0.2) is 5.78 Å². The highest BCUT2D eigenvalue weighted by Crippen LogP contribution is 2.29. The molecule has 1 fully saturated rings. The highest BCUT2D eigenvalue weighted by molar-refractivity contribution is 6.11. The van der Waals surface area contributed by atoms with E-state index in [9.17, 15) is 14.4 Å². The summed E-state index contributed by atoms with van der Waals surface area (Å²) in [5, 5.41) is 6.09. The molecule has 0 aliphatic heterocycles. The smallest absolute Gasteiger partial charge is 0.319 e. The predicted octanol–water partition coefficient (Wildman–Crippen LogP) is 4.00. The molecule has 2 N–H and O–H groups in total. The van der Waals surface area contributed by atoms with Gasteiger partial charge in [-0.25, -0.2) is 4.79 Å². The fourth-order valence-electron chi connectivity index (χ4n) is 5.24. The van der Waals surface area contributed by atoms with Crippen LogP contribution in [0, 0.1) is 17.8 Å². The van der Waals surface area contributed by atoms with Crippen LogP contribution in [0.25, 0.3) is 0 Å². The minimum atomic E-state index is -0.797. The van der Waals surface area contributed by atoms with Gasteiger partial charge in [0.05, 0.1) is 12.8 Å². The number of hydrogen-bond donors (Lipinski definition) is 2. The predicted molar refractivity (Wildman–Crippen MR) is 139 cm³/mol. The van der Waals surface area contributed by atoms with E-state index in [0.717, 1.165) is 24.8 Å². The number of aryl methyl sites for hydroxylation is 1. The molecule has 2 aliphatic rings. The molecule has 4 rings (SSSR count). The second-order valence-corrected chi connectivity index (χ2v) is 9.63. The van der Waals surface area contributed by atoms with Gasteiger partial charge >= 0.3 is 12.0 Å². The molecule has 2 aromatic carbocycles. The third-order valence-corrected chi connectivity index (χ3v) is 7.12. The first kappa shape index (κ1) is 25.5. The first-order valence-electron chi connectivity index (χ1n) is 12.5. The van der Waals surface area contributed by atoms with E-state index in [0.29, 0.717) is 41.3 Å². The Morgan fingerprint density at radius 2 is 1.69 bits per heavy atom. The van der Waals surface area contributed by atoms with E-state index in [1.165, 1.54) is 13.5 Å². The molecule has 0 spiro atoms. The Kier molecular flexibility index (Phi) is 8.07. The van der Waals surface area contributed by atoms with Gasteiger partial charge in [0, 0.05) is 28.8 Å². The molecule has 0 saturated heterocycles. The summed E-state index contributed by atoms with van der Waals surface area (Å²) in [5.41, 5.74) is 3.19. The van der Waals surface area contributed by atoms with E-state index in [2.05, 4.69) is 27.4 Å². The van der Waals surface area contributed by atoms with Crippen LogP contribution < -0.4 is 10.6 Å². The SMILES string of the molecule is COC(=O)C1CCc2cccc(C#Cc3ccccc3NC(=O)N[C@@H]3CCCC[C@H]3N(C)C)c2C1=O. The number of nitrogens with zero attached hydrogens (tertiary/aromatic N) is 1. The van der Waals surface area contributed by atoms with E-state index in [-0.39, 0.29) is 17.9 Å². The number of amides is 2. The molecule has 0 aromatic heterocycles. The lowest BCUT2D eigenvalue weighted by Crippen LogP contribution is -2.52. The first-order chi connectivity index (χ1) is 17.4. The number of urea groups is 1. The summed E-state index contributed by atoms with van der Waals surface area (Å²) in [7, 11) is 5.40. The van der Waals surface area contributed by atoms with Crippen LogP contribution in [0.5, 0.6) is 0 Å². The number of likely N-dealkylation sites (N-methyl/N-ethyl adjacent to an activating group) is 1. The fraction of sp³-hybridized carbons (Fsp3) is 0.414. The highest BCUT2D eigenvalue weighted by Gasteiger charge is 2.35. The Morgan fingerprint density at radius 3 is 2.47 bits per heavy atom. The molecule has 7 heteroatoms. The number of rotatable bonds is 4. The van der Waals surface area contributed by atoms with Crippen LogP contribution in [0.15, 0.2) is 42.5 Å². The number of anilines is 1. The standard InChI is InChI=1S/C29H33N3O4/c1-32(2)25-14-7-6-13-24(25)31-29(35)30-23-12-5-4-9-19(23)15-16-20-10-8-11-21-17-18-22(28(34)36-3)27(33)26(20)21/h4-5,8-12,22,24-25H,6-7,13-14,17-18H2,1-3H3,(H2,30,31,35)/t22?,24-,25-/m1/s1. The molecule has 2 aliphatic carbocycles. The van der Waals surface area contributed by atoms with Gasteiger partial charge in [-0.05, 0) is 63.5 Å². The number of para-hydroxylation sites is 1. The number of nitrogens with one attached hydrogen (secondary N) is 2. The summed E-state index contributed by atoms with van der Waals surface area (Å²) >= 11 is 0. The third kappa shape index (κ3) is 5.60. The van der Waals surface area contributed by atoms with Gasteiger partial charge in [-0.2, -0.15) is 0 Å². The van der Waals surface area contributed by atoms with Gasteiger partial charge in [0.1, 0.15) is 5.92 Å². The zero-order chi connectivity index (χ0) is 25.7. The fourth-order valence-corrected chi connectivity index (χ4v) is 5.24. The Bertz CT molecular complexity index is 1210. The van der Waals surface area contributed by atoms with Crippen molar-refractivity contribution in [3.05, 3.63) is 64.7 Å². The molecular weight excluding hydrogens is 454 g/mol. The molecule has 2 amide bonds. The van der Waals surface area contributed by atoms with E-state index < -0.39 is 11.9 Å². The number of methoxy groups -OCH3 is 1. The van der Waals surface area contributed by atoms with Gasteiger partial charge in [-0.3, -0.25) is 9.59 Å². The van der Waals surface area contributed by atoms with Crippen LogP contribution in [0.3, 0.4) is 0 Å². The summed E-state index contributed by atoms with van der Waals surface area (Å²) in [4.78, 5) is 40.2. The number of ketones is 1. The van der Waals surface area contributed by atoms with Crippen molar-refractivity contribution < 1.29 is 19.1 Å². The van der Waals surface area contributed by atoms with E-state index >= 15 is 0 Å². The average Bonchev–Trinajstić information content (AvgIpc) is 2.88. The molecular formula is C29H33N3O4. The van der Waals surface area contributed by atoms with E-state index in [1.54, 1.807) is 6.07 Å². The zero-order valence-corrected chi connectivity index (χ0v) is 21.1. The Labute approximate surface area is 212 Å². The summed E-state index contributed by atoms with van der Waals surface area (Å²) in [6.45, 7) is 0. The van der Waals surface area contributed by atoms with Crippen molar-refractivity contribution in [1.29, 1.82) is 0 Å². The van der Waals surface area contributed by atoms with Crippen molar-refractivity contribution in [3.8, 4) is 11.8 Å². The van der Waals surface area contributed by atoms with Gasteiger partial charge in [-0.1, -0.05) is 48.9 Å². The number of benzene rings is 2. The lowest BCUT2D eigenvalue weighted by molar-refractivity contribution is -0.143. The second-order valence-electron chi connectivity index (χ2n) is 9.63. The van der Waals surface area contributed by atoms with Gasteiger partial charge < -0.3 is 20.3 Å². The molecule has 2 aromatic rings. The Hall–Kier alpha value is -3.63. The van der Waals surface area contributed by atoms with Crippen LogP contribution >= 0.6 is 0 Å². The van der Waals surface area contributed by atoms with Gasteiger partial charge in [0.2, 0.25) is 0 Å². The maximum atomic E-state index is 13.1. The first-order valence-corrected chi connectivity index (χ1v) is 12.5. The third-order valence-electron chi connectivity index (χ3n) is 7.12. The molecule has 0 heterocycles. The molecule has 0 bridgehead atoms. The van der Waals surface area contributed by atoms with Crippen LogP contribution in [-0.4, -0.2) is 56.0 Å². The minimum absolute atomic E-state index is 0.0941. The van der Waals surface area contributed by atoms with Gasteiger partial charge in [-0.15, -0.1) is 0 Å². The van der Waals surface area contributed by atoms with Crippen molar-refractivity contribution in [2.45, 2.75) is 50.6 Å². The number of hydrogen-bond acceptors (Lipinski definition) is 5. The lowest BCUT2D eigenvalue weighted by Gasteiger charge is -2.36. The summed E-state index contributed by atoms with van der Waals surface area (Å²) < 4.78 is 4.83. The number of carbonyl (C=O) groups is 3. The summed E-state index contributed by atoms with van der Waals surface area (Å²) in [6, 6.07) is 13.1. The largest absolute Gasteiger partial charge is 0.468 e. The number of fused-ring (bicyclic) bond motifs is 1.